The minimum atomic E-state index is -0.873. The Balaban J connectivity index is 2.09. The van der Waals surface area contributed by atoms with Gasteiger partial charge in [-0.25, -0.2) is 0 Å². The normalized spacial score (nSPS) is 11.7. The molecule has 0 amide bonds. The summed E-state index contributed by atoms with van der Waals surface area (Å²) in [6.07, 6.45) is 3.75. The fourth-order valence-corrected chi connectivity index (χ4v) is 2.92. The number of aliphatic carboxylic acids is 1. The molecule has 2 rings (SSSR count). The number of hydrogen-bond acceptors (Lipinski definition) is 4. The smallest absolute Gasteiger partial charge is 0.311 e. The van der Waals surface area contributed by atoms with Crippen molar-refractivity contribution in [2.24, 2.45) is 0 Å². The maximum atomic E-state index is 11.8. The fourth-order valence-electron chi connectivity index (χ4n) is 2.92. The van der Waals surface area contributed by atoms with E-state index < -0.39 is 11.9 Å². The lowest BCUT2D eigenvalue weighted by atomic mass is 9.92. The molecule has 0 aliphatic carbocycles. The summed E-state index contributed by atoms with van der Waals surface area (Å²) in [5.41, 5.74) is 1.62. The van der Waals surface area contributed by atoms with E-state index in [1.54, 1.807) is 25.3 Å². The number of hydrogen-bond donors (Lipinski definition) is 1. The Labute approximate surface area is 160 Å². The molecule has 0 bridgehead atoms. The standard InChI is InChI=1S/C22H28O5/c1-4-5-6-13-27-18-10-7-16(8-11-18)14-19(22(23)24)17-9-12-20(25-2)21(15-17)26-3/h7-12,15,19H,4-6,13-14H2,1-3H3,(H,23,24). The second-order valence-electron chi connectivity index (χ2n) is 6.41. The van der Waals surface area contributed by atoms with E-state index in [4.69, 9.17) is 14.2 Å². The van der Waals surface area contributed by atoms with Crippen molar-refractivity contribution in [1.29, 1.82) is 0 Å². The van der Waals surface area contributed by atoms with Crippen molar-refractivity contribution in [2.45, 2.75) is 38.5 Å². The molecular formula is C22H28O5. The van der Waals surface area contributed by atoms with Crippen LogP contribution in [0.1, 0.15) is 43.2 Å². The summed E-state index contributed by atoms with van der Waals surface area (Å²) in [5.74, 6) is 0.378. The van der Waals surface area contributed by atoms with Crippen LogP contribution >= 0.6 is 0 Å². The molecule has 1 N–H and O–H groups in total. The van der Waals surface area contributed by atoms with Gasteiger partial charge in [0.25, 0.3) is 0 Å². The third-order valence-corrected chi connectivity index (χ3v) is 4.49. The van der Waals surface area contributed by atoms with Gasteiger partial charge in [-0.15, -0.1) is 0 Å². The van der Waals surface area contributed by atoms with Crippen molar-refractivity contribution in [3.05, 3.63) is 53.6 Å². The predicted molar refractivity (Wildman–Crippen MR) is 105 cm³/mol. The molecule has 0 saturated heterocycles. The number of ether oxygens (including phenoxy) is 3. The molecule has 0 radical (unpaired) electrons. The molecule has 0 aliphatic heterocycles. The highest BCUT2D eigenvalue weighted by molar-refractivity contribution is 5.77. The van der Waals surface area contributed by atoms with Crippen LogP contribution in [0.2, 0.25) is 0 Å². The molecule has 5 heteroatoms. The Morgan fingerprint density at radius 2 is 1.70 bits per heavy atom. The number of methoxy groups -OCH3 is 2. The van der Waals surface area contributed by atoms with Crippen LogP contribution in [0, 0.1) is 0 Å². The fraction of sp³-hybridized carbons (Fsp3) is 0.409. The van der Waals surface area contributed by atoms with Crippen LogP contribution in [0.5, 0.6) is 17.2 Å². The van der Waals surface area contributed by atoms with Crippen LogP contribution in [0.15, 0.2) is 42.5 Å². The molecule has 0 saturated carbocycles. The highest BCUT2D eigenvalue weighted by Gasteiger charge is 2.22. The Hall–Kier alpha value is -2.69. The van der Waals surface area contributed by atoms with Gasteiger partial charge < -0.3 is 19.3 Å². The molecule has 0 heterocycles. The van der Waals surface area contributed by atoms with Gasteiger partial charge in [0.05, 0.1) is 26.7 Å². The highest BCUT2D eigenvalue weighted by Crippen LogP contribution is 2.32. The zero-order chi connectivity index (χ0) is 19.6. The molecule has 0 fully saturated rings. The molecule has 146 valence electrons. The Morgan fingerprint density at radius 3 is 2.30 bits per heavy atom. The van der Waals surface area contributed by atoms with Crippen LogP contribution < -0.4 is 14.2 Å². The second-order valence-corrected chi connectivity index (χ2v) is 6.41. The van der Waals surface area contributed by atoms with Crippen molar-refractivity contribution in [3.8, 4) is 17.2 Å². The lowest BCUT2D eigenvalue weighted by Gasteiger charge is -2.16. The van der Waals surface area contributed by atoms with E-state index in [2.05, 4.69) is 6.92 Å². The van der Waals surface area contributed by atoms with Crippen LogP contribution in [-0.2, 0) is 11.2 Å². The van der Waals surface area contributed by atoms with E-state index >= 15 is 0 Å². The summed E-state index contributed by atoms with van der Waals surface area (Å²) in [5, 5.41) is 9.70. The number of benzene rings is 2. The summed E-state index contributed by atoms with van der Waals surface area (Å²) in [7, 11) is 3.09. The quantitative estimate of drug-likeness (QED) is 0.580. The summed E-state index contributed by atoms with van der Waals surface area (Å²) in [4.78, 5) is 11.8. The SMILES string of the molecule is CCCCCOc1ccc(CC(C(=O)O)c2ccc(OC)c(OC)c2)cc1. The van der Waals surface area contributed by atoms with Gasteiger partial charge >= 0.3 is 5.97 Å². The van der Waals surface area contributed by atoms with E-state index in [1.165, 1.54) is 7.11 Å². The van der Waals surface area contributed by atoms with Crippen LogP contribution in [0.3, 0.4) is 0 Å². The Kier molecular flexibility index (Phi) is 7.99. The van der Waals surface area contributed by atoms with E-state index in [0.717, 1.165) is 30.6 Å². The molecule has 5 nitrogen and oxygen atoms in total. The van der Waals surface area contributed by atoms with Gasteiger partial charge in [-0.05, 0) is 48.2 Å². The maximum Gasteiger partial charge on any atom is 0.311 e. The topological polar surface area (TPSA) is 65.0 Å². The number of carbonyl (C=O) groups is 1. The van der Waals surface area contributed by atoms with Gasteiger partial charge in [0.2, 0.25) is 0 Å². The minimum Gasteiger partial charge on any atom is -0.494 e. The lowest BCUT2D eigenvalue weighted by Crippen LogP contribution is -2.14. The Bertz CT molecular complexity index is 724. The number of unbranched alkanes of at least 4 members (excludes halogenated alkanes) is 2. The maximum absolute atomic E-state index is 11.8. The first kappa shape index (κ1) is 20.6. The van der Waals surface area contributed by atoms with Gasteiger partial charge in [-0.2, -0.15) is 0 Å². The van der Waals surface area contributed by atoms with E-state index in [-0.39, 0.29) is 0 Å². The molecule has 0 aliphatic rings. The van der Waals surface area contributed by atoms with Gasteiger partial charge in [0.1, 0.15) is 5.75 Å². The van der Waals surface area contributed by atoms with Gasteiger partial charge in [0.15, 0.2) is 11.5 Å². The first-order valence-corrected chi connectivity index (χ1v) is 9.25. The van der Waals surface area contributed by atoms with Gasteiger partial charge in [0, 0.05) is 0 Å². The molecule has 2 aromatic rings. The average molecular weight is 372 g/mol. The van der Waals surface area contributed by atoms with E-state index in [0.29, 0.717) is 30.1 Å². The molecule has 0 aromatic heterocycles. The van der Waals surface area contributed by atoms with E-state index in [9.17, 15) is 9.90 Å². The first-order chi connectivity index (χ1) is 13.1. The molecule has 0 spiro atoms. The first-order valence-electron chi connectivity index (χ1n) is 9.25. The number of carboxylic acids is 1. The molecule has 1 atom stereocenters. The monoisotopic (exact) mass is 372 g/mol. The molecule has 27 heavy (non-hydrogen) atoms. The van der Waals surface area contributed by atoms with Crippen LogP contribution in [-0.4, -0.2) is 31.9 Å². The van der Waals surface area contributed by atoms with Crippen molar-refractivity contribution in [1.82, 2.24) is 0 Å². The molecule has 1 unspecified atom stereocenters. The molecular weight excluding hydrogens is 344 g/mol. The van der Waals surface area contributed by atoms with Gasteiger partial charge in [-0.1, -0.05) is 38.0 Å². The van der Waals surface area contributed by atoms with E-state index in [1.807, 2.05) is 24.3 Å². The van der Waals surface area contributed by atoms with Gasteiger partial charge in [-0.3, -0.25) is 4.79 Å². The lowest BCUT2D eigenvalue weighted by molar-refractivity contribution is -0.138. The molecule has 2 aromatic carbocycles. The zero-order valence-corrected chi connectivity index (χ0v) is 16.2. The Morgan fingerprint density at radius 1 is 1.00 bits per heavy atom. The number of carboxylic acid groups (broad SMARTS) is 1. The predicted octanol–water partition coefficient (Wildman–Crippen LogP) is 4.68. The highest BCUT2D eigenvalue weighted by atomic mass is 16.5. The summed E-state index contributed by atoms with van der Waals surface area (Å²) >= 11 is 0. The third-order valence-electron chi connectivity index (χ3n) is 4.49. The number of rotatable bonds is 11. The summed E-state index contributed by atoms with van der Waals surface area (Å²) in [6, 6.07) is 12.9. The largest absolute Gasteiger partial charge is 0.494 e. The van der Waals surface area contributed by atoms with Crippen molar-refractivity contribution in [2.75, 3.05) is 20.8 Å². The van der Waals surface area contributed by atoms with Crippen LogP contribution in [0.25, 0.3) is 0 Å². The summed E-state index contributed by atoms with van der Waals surface area (Å²) < 4.78 is 16.2. The second kappa shape index (κ2) is 10.5. The minimum absolute atomic E-state index is 0.390. The zero-order valence-electron chi connectivity index (χ0n) is 16.2. The van der Waals surface area contributed by atoms with Crippen molar-refractivity contribution >= 4 is 5.97 Å². The van der Waals surface area contributed by atoms with Crippen molar-refractivity contribution in [3.63, 3.8) is 0 Å². The van der Waals surface area contributed by atoms with Crippen LogP contribution in [0.4, 0.5) is 0 Å². The average Bonchev–Trinajstić information content (AvgIpc) is 2.69. The van der Waals surface area contributed by atoms with Crippen molar-refractivity contribution < 1.29 is 24.1 Å². The third kappa shape index (κ3) is 5.91. The summed E-state index contributed by atoms with van der Waals surface area (Å²) in [6.45, 7) is 2.86.